The van der Waals surface area contributed by atoms with E-state index in [4.69, 9.17) is 21.2 Å². The monoisotopic (exact) mass is 465 g/mol. The summed E-state index contributed by atoms with van der Waals surface area (Å²) >= 11 is 7.82. The molecule has 0 spiro atoms. The van der Waals surface area contributed by atoms with Crippen molar-refractivity contribution in [3.63, 3.8) is 0 Å². The zero-order valence-corrected chi connectivity index (χ0v) is 19.6. The maximum absolute atomic E-state index is 12.6. The van der Waals surface area contributed by atoms with E-state index in [1.54, 1.807) is 18.3 Å². The fourth-order valence-electron chi connectivity index (χ4n) is 4.23. The van der Waals surface area contributed by atoms with Crippen LogP contribution in [0.5, 0.6) is 5.75 Å². The van der Waals surface area contributed by atoms with Gasteiger partial charge in [-0.25, -0.2) is 0 Å². The molecule has 1 N–H and O–H groups in total. The zero-order valence-electron chi connectivity index (χ0n) is 18.1. The van der Waals surface area contributed by atoms with Crippen LogP contribution >= 0.6 is 23.4 Å². The van der Waals surface area contributed by atoms with Crippen LogP contribution in [0.1, 0.15) is 45.4 Å². The third-order valence-corrected chi connectivity index (χ3v) is 7.42. The summed E-state index contributed by atoms with van der Waals surface area (Å²) in [7, 11) is 0. The van der Waals surface area contributed by atoms with Gasteiger partial charge < -0.3 is 4.74 Å². The second kappa shape index (κ2) is 12.5. The lowest BCUT2D eigenvalue weighted by Crippen LogP contribution is -2.37. The number of ketones is 2. The van der Waals surface area contributed by atoms with Gasteiger partial charge in [0, 0.05) is 24.1 Å². The Hall–Kier alpha value is -1.50. The topological polar surface area (TPSA) is 64.6 Å². The number of hydrogen-bond acceptors (Lipinski definition) is 6. The average molecular weight is 466 g/mol. The second-order valence-corrected chi connectivity index (χ2v) is 10.0. The molecule has 2 unspecified atom stereocenters. The number of thioether (sulfide) groups is 1. The summed E-state index contributed by atoms with van der Waals surface area (Å²) in [5, 5.41) is 0.669. The minimum atomic E-state index is -0.425. The Labute approximate surface area is 194 Å². The summed E-state index contributed by atoms with van der Waals surface area (Å²) in [6, 6.07) is 7.19. The molecule has 2 fully saturated rings. The first-order valence-electron chi connectivity index (χ1n) is 11.1. The highest BCUT2D eigenvalue weighted by Crippen LogP contribution is 2.37. The van der Waals surface area contributed by atoms with Gasteiger partial charge >= 0.3 is 0 Å². The molecule has 5 nitrogen and oxygen atoms in total. The number of carbonyl (C=O) groups excluding carboxylic acids is 2. The predicted octanol–water partition coefficient (Wildman–Crippen LogP) is 5.23. The van der Waals surface area contributed by atoms with Gasteiger partial charge in [0.1, 0.15) is 30.0 Å². The molecule has 1 heterocycles. The normalized spacial score (nSPS) is 25.5. The van der Waals surface area contributed by atoms with Crippen molar-refractivity contribution in [1.82, 2.24) is 5.48 Å². The van der Waals surface area contributed by atoms with Gasteiger partial charge in [-0.15, -0.1) is 0 Å². The Balaban J connectivity index is 1.29. The molecule has 1 aromatic carbocycles. The summed E-state index contributed by atoms with van der Waals surface area (Å²) in [5.41, 5.74) is 2.77. The molecular weight excluding hydrogens is 434 g/mol. The summed E-state index contributed by atoms with van der Waals surface area (Å²) in [5.74, 6) is 3.73. The molecule has 0 aromatic heterocycles. The molecule has 1 saturated heterocycles. The van der Waals surface area contributed by atoms with Gasteiger partial charge in [-0.1, -0.05) is 17.7 Å². The van der Waals surface area contributed by atoms with E-state index in [1.165, 1.54) is 18.6 Å². The van der Waals surface area contributed by atoms with Crippen LogP contribution in [0.4, 0.5) is 0 Å². The first kappa shape index (κ1) is 24.1. The molecule has 1 saturated carbocycles. The lowest BCUT2D eigenvalue weighted by atomic mass is 9.72. The minimum absolute atomic E-state index is 0.130. The van der Waals surface area contributed by atoms with Crippen molar-refractivity contribution in [1.29, 1.82) is 0 Å². The van der Waals surface area contributed by atoms with Gasteiger partial charge in [-0.2, -0.15) is 11.8 Å². The highest BCUT2D eigenvalue weighted by atomic mass is 35.5. The van der Waals surface area contributed by atoms with Crippen molar-refractivity contribution in [2.75, 3.05) is 18.1 Å². The van der Waals surface area contributed by atoms with Crippen LogP contribution in [-0.2, 0) is 14.4 Å². The van der Waals surface area contributed by atoms with Crippen LogP contribution in [0.3, 0.4) is 0 Å². The van der Waals surface area contributed by atoms with E-state index < -0.39 is 5.92 Å². The Morgan fingerprint density at radius 2 is 1.94 bits per heavy atom. The number of benzene rings is 1. The number of ether oxygens (including phenoxy) is 1. The number of carbonyl (C=O) groups is 2. The van der Waals surface area contributed by atoms with Crippen molar-refractivity contribution in [3.05, 3.63) is 41.6 Å². The highest BCUT2D eigenvalue weighted by Gasteiger charge is 2.38. The van der Waals surface area contributed by atoms with Crippen molar-refractivity contribution in [2.24, 2.45) is 17.8 Å². The summed E-state index contributed by atoms with van der Waals surface area (Å²) in [6.45, 7) is 2.28. The first-order valence-corrected chi connectivity index (χ1v) is 12.6. The quantitative estimate of drug-likeness (QED) is 0.290. The van der Waals surface area contributed by atoms with Gasteiger partial charge in [0.2, 0.25) is 0 Å². The van der Waals surface area contributed by atoms with Crippen LogP contribution in [0, 0.1) is 17.8 Å². The van der Waals surface area contributed by atoms with Crippen LogP contribution in [0.2, 0.25) is 5.02 Å². The summed E-state index contributed by atoms with van der Waals surface area (Å²) < 4.78 is 5.73. The molecule has 1 aliphatic carbocycles. The number of hydroxylamine groups is 1. The number of nitrogens with one attached hydrogen (secondary N) is 1. The standard InChI is InChI=1S/C24H32ClNO4S/c1-17(30-21-9-7-20(25)8-10-21)15-29-26-11-3-2-6-22-23(27)13-19(14-24(22)28)18-5-4-12-31-16-18/h3,7-11,17-19,22,26H,2,4-6,12-16H2,1H3. The number of hydrogen-bond donors (Lipinski definition) is 1. The van der Waals surface area contributed by atoms with Gasteiger partial charge in [0.15, 0.2) is 0 Å². The van der Waals surface area contributed by atoms with E-state index >= 15 is 0 Å². The molecule has 0 amide bonds. The zero-order chi connectivity index (χ0) is 22.1. The number of rotatable bonds is 10. The van der Waals surface area contributed by atoms with Gasteiger partial charge in [-0.3, -0.25) is 19.9 Å². The second-order valence-electron chi connectivity index (χ2n) is 8.42. The molecule has 1 aliphatic heterocycles. The smallest absolute Gasteiger partial charge is 0.143 e. The number of Topliss-reactive ketones (excluding diaryl/α,β-unsaturated/α-hetero) is 2. The van der Waals surface area contributed by atoms with E-state index in [2.05, 4.69) is 5.48 Å². The number of halogens is 1. The molecule has 3 rings (SSSR count). The van der Waals surface area contributed by atoms with Crippen LogP contribution < -0.4 is 10.2 Å². The predicted molar refractivity (Wildman–Crippen MR) is 125 cm³/mol. The van der Waals surface area contributed by atoms with E-state index in [0.29, 0.717) is 43.2 Å². The molecule has 2 aliphatic rings. The molecule has 0 bridgehead atoms. The van der Waals surface area contributed by atoms with Crippen molar-refractivity contribution in [2.45, 2.75) is 51.6 Å². The van der Waals surface area contributed by atoms with Crippen molar-refractivity contribution < 1.29 is 19.2 Å². The summed E-state index contributed by atoms with van der Waals surface area (Å²) in [6.07, 6.45) is 8.26. The molecule has 170 valence electrons. The molecular formula is C24H32ClNO4S. The van der Waals surface area contributed by atoms with Crippen LogP contribution in [0.15, 0.2) is 36.5 Å². The number of allylic oxidation sites excluding steroid dienone is 1. The van der Waals surface area contributed by atoms with Crippen LogP contribution in [-0.4, -0.2) is 35.8 Å². The Morgan fingerprint density at radius 1 is 1.19 bits per heavy atom. The van der Waals surface area contributed by atoms with Gasteiger partial charge in [0.05, 0.1) is 5.92 Å². The van der Waals surface area contributed by atoms with E-state index in [1.807, 2.05) is 36.9 Å². The maximum atomic E-state index is 12.6. The van der Waals surface area contributed by atoms with E-state index in [-0.39, 0.29) is 23.6 Å². The maximum Gasteiger partial charge on any atom is 0.143 e. The van der Waals surface area contributed by atoms with Crippen molar-refractivity contribution in [3.8, 4) is 5.75 Å². The van der Waals surface area contributed by atoms with Crippen molar-refractivity contribution >= 4 is 34.9 Å². The molecule has 0 radical (unpaired) electrons. The third kappa shape index (κ3) is 7.85. The minimum Gasteiger partial charge on any atom is -0.488 e. The molecule has 2 atom stereocenters. The fraction of sp³-hybridized carbons (Fsp3) is 0.583. The molecule has 7 heteroatoms. The Bertz CT molecular complexity index is 730. The van der Waals surface area contributed by atoms with Gasteiger partial charge in [-0.05, 0) is 80.2 Å². The van der Waals surface area contributed by atoms with Gasteiger partial charge in [0.25, 0.3) is 0 Å². The summed E-state index contributed by atoms with van der Waals surface area (Å²) in [4.78, 5) is 30.5. The molecule has 31 heavy (non-hydrogen) atoms. The highest BCUT2D eigenvalue weighted by molar-refractivity contribution is 7.99. The van der Waals surface area contributed by atoms with Crippen LogP contribution in [0.25, 0.3) is 0 Å². The largest absolute Gasteiger partial charge is 0.488 e. The fourth-order valence-corrected chi connectivity index (χ4v) is 5.64. The lowest BCUT2D eigenvalue weighted by molar-refractivity contribution is -0.138. The lowest BCUT2D eigenvalue weighted by Gasteiger charge is -2.34. The van der Waals surface area contributed by atoms with E-state index in [0.717, 1.165) is 11.5 Å². The average Bonchev–Trinajstić information content (AvgIpc) is 2.76. The van der Waals surface area contributed by atoms with E-state index in [9.17, 15) is 9.59 Å². The Kier molecular flexibility index (Phi) is 9.75. The Morgan fingerprint density at radius 3 is 2.61 bits per heavy atom. The third-order valence-electron chi connectivity index (χ3n) is 5.93. The molecule has 1 aromatic rings. The SMILES string of the molecule is CC(CONC=CCCC1C(=O)CC(C2CCCSC2)CC1=O)Oc1ccc(Cl)cc1. The first-order chi connectivity index (χ1) is 15.0.